The molecule has 1 aromatic heterocycles. The van der Waals surface area contributed by atoms with Crippen LogP contribution >= 0.6 is 11.8 Å². The van der Waals surface area contributed by atoms with Gasteiger partial charge in [-0.25, -0.2) is 4.98 Å². The largest absolute Gasteiger partial charge is 0.390 e. The lowest BCUT2D eigenvalue weighted by atomic mass is 9.78. The van der Waals surface area contributed by atoms with E-state index in [0.29, 0.717) is 11.8 Å². The highest BCUT2D eigenvalue weighted by molar-refractivity contribution is 7.99. The number of piperidine rings is 1. The van der Waals surface area contributed by atoms with Crippen LogP contribution in [0.15, 0.2) is 11.4 Å². The van der Waals surface area contributed by atoms with Crippen LogP contribution in [0, 0.1) is 5.92 Å². The number of hydrogen-bond donors (Lipinski definition) is 1. The minimum atomic E-state index is -0.0200. The monoisotopic (exact) mass is 323 g/mol. The number of aromatic nitrogens is 2. The van der Waals surface area contributed by atoms with Gasteiger partial charge in [-0.2, -0.15) is 0 Å². The molecule has 3 rings (SSSR count). The van der Waals surface area contributed by atoms with Gasteiger partial charge in [0.25, 0.3) is 0 Å². The summed E-state index contributed by atoms with van der Waals surface area (Å²) in [6.07, 6.45) is 9.17. The Bertz CT molecular complexity index is 529. The molecule has 2 aliphatic rings. The van der Waals surface area contributed by atoms with Crippen molar-refractivity contribution < 1.29 is 9.90 Å². The third kappa shape index (κ3) is 3.18. The van der Waals surface area contributed by atoms with E-state index in [4.69, 9.17) is 0 Å². The first-order valence-corrected chi connectivity index (χ1v) is 9.23. The van der Waals surface area contributed by atoms with Crippen molar-refractivity contribution in [2.45, 2.75) is 56.3 Å². The number of aliphatic hydroxyl groups excluding tert-OH is 1. The molecule has 1 saturated heterocycles. The van der Waals surface area contributed by atoms with E-state index in [1.165, 1.54) is 43.9 Å². The minimum Gasteiger partial charge on any atom is -0.390 e. The molecule has 1 N–H and O–H groups in total. The average molecular weight is 323 g/mol. The Morgan fingerprint density at radius 3 is 2.91 bits per heavy atom. The molecule has 22 heavy (non-hydrogen) atoms. The zero-order chi connectivity index (χ0) is 15.5. The van der Waals surface area contributed by atoms with E-state index in [2.05, 4.69) is 9.88 Å². The maximum atomic E-state index is 12.6. The zero-order valence-electron chi connectivity index (χ0n) is 13.2. The van der Waals surface area contributed by atoms with Crippen LogP contribution in [-0.2, 0) is 18.4 Å². The summed E-state index contributed by atoms with van der Waals surface area (Å²) in [5.41, 5.74) is 0.778. The summed E-state index contributed by atoms with van der Waals surface area (Å²) in [4.78, 5) is 19.0. The van der Waals surface area contributed by atoms with Crippen LogP contribution in [0.5, 0.6) is 0 Å². The van der Waals surface area contributed by atoms with Gasteiger partial charge >= 0.3 is 0 Å². The van der Waals surface area contributed by atoms with E-state index in [9.17, 15) is 9.90 Å². The van der Waals surface area contributed by atoms with Crippen molar-refractivity contribution in [2.24, 2.45) is 13.0 Å². The van der Waals surface area contributed by atoms with E-state index < -0.39 is 0 Å². The van der Waals surface area contributed by atoms with Gasteiger partial charge in [-0.15, -0.1) is 0 Å². The Morgan fingerprint density at radius 2 is 2.14 bits per heavy atom. The van der Waals surface area contributed by atoms with Gasteiger partial charge in [0, 0.05) is 19.6 Å². The smallest absolute Gasteiger partial charge is 0.233 e. The van der Waals surface area contributed by atoms with Gasteiger partial charge in [0.2, 0.25) is 5.91 Å². The molecule has 0 spiro atoms. The van der Waals surface area contributed by atoms with Gasteiger partial charge in [-0.3, -0.25) is 4.79 Å². The molecule has 2 unspecified atom stereocenters. The molecule has 1 saturated carbocycles. The SMILES string of the molecule is Cn1c(CO)cnc1SCC(=O)N1CCCC2CCCCC21. The molecule has 0 aromatic carbocycles. The first-order valence-electron chi connectivity index (χ1n) is 8.24. The molecule has 0 bridgehead atoms. The fraction of sp³-hybridized carbons (Fsp3) is 0.750. The number of thioether (sulfide) groups is 1. The molecule has 0 radical (unpaired) electrons. The number of rotatable bonds is 4. The zero-order valence-corrected chi connectivity index (χ0v) is 14.0. The van der Waals surface area contributed by atoms with E-state index in [1.807, 2.05) is 11.6 Å². The van der Waals surface area contributed by atoms with Crippen molar-refractivity contribution in [3.8, 4) is 0 Å². The van der Waals surface area contributed by atoms with E-state index in [0.717, 1.165) is 29.7 Å². The first-order chi connectivity index (χ1) is 10.7. The summed E-state index contributed by atoms with van der Waals surface area (Å²) < 4.78 is 1.86. The van der Waals surface area contributed by atoms with Crippen molar-refractivity contribution in [1.29, 1.82) is 0 Å². The molecule has 1 amide bonds. The van der Waals surface area contributed by atoms with Gasteiger partial charge in [0.15, 0.2) is 5.16 Å². The maximum absolute atomic E-state index is 12.6. The molecule has 1 aromatic rings. The summed E-state index contributed by atoms with van der Waals surface area (Å²) in [6.45, 7) is 0.900. The van der Waals surface area contributed by atoms with Crippen LogP contribution in [0.3, 0.4) is 0 Å². The Hall–Kier alpha value is -1.01. The van der Waals surface area contributed by atoms with Gasteiger partial charge in [0.1, 0.15) is 0 Å². The molecule has 2 atom stereocenters. The summed E-state index contributed by atoms with van der Waals surface area (Å²) in [6, 6.07) is 0.477. The Balaban J connectivity index is 1.60. The third-order valence-electron chi connectivity index (χ3n) is 5.09. The molecular weight excluding hydrogens is 298 g/mol. The topological polar surface area (TPSA) is 58.4 Å². The highest BCUT2D eigenvalue weighted by atomic mass is 32.2. The fourth-order valence-electron chi connectivity index (χ4n) is 3.85. The van der Waals surface area contributed by atoms with Crippen molar-refractivity contribution in [1.82, 2.24) is 14.5 Å². The van der Waals surface area contributed by atoms with Crippen LogP contribution in [-0.4, -0.2) is 43.8 Å². The highest BCUT2D eigenvalue weighted by Crippen LogP contribution is 2.35. The van der Waals surface area contributed by atoms with Crippen molar-refractivity contribution in [3.63, 3.8) is 0 Å². The van der Waals surface area contributed by atoms with Gasteiger partial charge in [0.05, 0.1) is 24.3 Å². The van der Waals surface area contributed by atoms with E-state index >= 15 is 0 Å². The second kappa shape index (κ2) is 7.04. The fourth-order valence-corrected chi connectivity index (χ4v) is 4.71. The molecule has 5 nitrogen and oxygen atoms in total. The predicted octanol–water partition coefficient (Wildman–Crippen LogP) is 2.19. The van der Waals surface area contributed by atoms with Gasteiger partial charge < -0.3 is 14.6 Å². The number of likely N-dealkylation sites (tertiary alicyclic amines) is 1. The predicted molar refractivity (Wildman–Crippen MR) is 86.5 cm³/mol. The number of fused-ring (bicyclic) bond motifs is 1. The summed E-state index contributed by atoms with van der Waals surface area (Å²) in [7, 11) is 1.88. The van der Waals surface area contributed by atoms with Gasteiger partial charge in [-0.05, 0) is 31.6 Å². The number of imidazole rings is 1. The van der Waals surface area contributed by atoms with Crippen molar-refractivity contribution in [2.75, 3.05) is 12.3 Å². The van der Waals surface area contributed by atoms with Crippen LogP contribution < -0.4 is 0 Å². The van der Waals surface area contributed by atoms with E-state index in [-0.39, 0.29) is 12.5 Å². The van der Waals surface area contributed by atoms with Crippen molar-refractivity contribution >= 4 is 17.7 Å². The van der Waals surface area contributed by atoms with Gasteiger partial charge in [-0.1, -0.05) is 24.6 Å². The normalized spacial score (nSPS) is 25.1. The number of amides is 1. The third-order valence-corrected chi connectivity index (χ3v) is 6.12. The lowest BCUT2D eigenvalue weighted by Crippen LogP contribution is -2.50. The standard InChI is InChI=1S/C16H25N3O2S/c1-18-13(10-20)9-17-16(18)22-11-15(21)19-8-4-6-12-5-2-3-7-14(12)19/h9,12,14,20H,2-8,10-11H2,1H3. The highest BCUT2D eigenvalue weighted by Gasteiger charge is 2.35. The first kappa shape index (κ1) is 15.9. The van der Waals surface area contributed by atoms with Crippen molar-refractivity contribution in [3.05, 3.63) is 11.9 Å². The number of hydrogen-bond acceptors (Lipinski definition) is 4. The molecule has 1 aliphatic carbocycles. The second-order valence-electron chi connectivity index (χ2n) is 6.38. The molecule has 1 aliphatic heterocycles. The quantitative estimate of drug-likeness (QED) is 0.863. The average Bonchev–Trinajstić information content (AvgIpc) is 2.92. The van der Waals surface area contributed by atoms with Crippen LogP contribution in [0.4, 0.5) is 0 Å². The molecule has 6 heteroatoms. The minimum absolute atomic E-state index is 0.0200. The number of aliphatic hydroxyl groups is 1. The molecule has 2 fully saturated rings. The van der Waals surface area contributed by atoms with Crippen LogP contribution in [0.1, 0.15) is 44.2 Å². The summed E-state index contributed by atoms with van der Waals surface area (Å²) >= 11 is 1.47. The summed E-state index contributed by atoms with van der Waals surface area (Å²) in [5.74, 6) is 1.42. The Labute approximate surface area is 136 Å². The molecule has 122 valence electrons. The lowest BCUT2D eigenvalue weighted by Gasteiger charge is -2.44. The van der Waals surface area contributed by atoms with Crippen LogP contribution in [0.25, 0.3) is 0 Å². The lowest BCUT2D eigenvalue weighted by molar-refractivity contribution is -0.134. The molecular formula is C16H25N3O2S. The maximum Gasteiger partial charge on any atom is 0.233 e. The summed E-state index contributed by atoms with van der Waals surface area (Å²) in [5, 5.41) is 10.00. The van der Waals surface area contributed by atoms with Crippen LogP contribution in [0.2, 0.25) is 0 Å². The van der Waals surface area contributed by atoms with E-state index in [1.54, 1.807) is 6.20 Å². The molecule has 2 heterocycles. The Morgan fingerprint density at radius 1 is 1.36 bits per heavy atom. The second-order valence-corrected chi connectivity index (χ2v) is 7.32. The number of nitrogens with zero attached hydrogens (tertiary/aromatic N) is 3. The Kier molecular flexibility index (Phi) is 5.08. The number of carbonyl (C=O) groups excluding carboxylic acids is 1. The number of carbonyl (C=O) groups is 1.